The van der Waals surface area contributed by atoms with Gasteiger partial charge < -0.3 is 18.8 Å². The molecule has 0 N–H and O–H groups in total. The van der Waals surface area contributed by atoms with Crippen molar-refractivity contribution in [3.63, 3.8) is 0 Å². The van der Waals surface area contributed by atoms with E-state index < -0.39 is 0 Å². The quantitative estimate of drug-likeness (QED) is 0.698. The van der Waals surface area contributed by atoms with Gasteiger partial charge in [0.05, 0.1) is 33.2 Å². The average Bonchev–Trinajstić information content (AvgIpc) is 2.66. The van der Waals surface area contributed by atoms with Crippen molar-refractivity contribution < 1.29 is 14.2 Å². The molecule has 5 heteroatoms. The van der Waals surface area contributed by atoms with Crippen molar-refractivity contribution in [1.29, 1.82) is 0 Å². The minimum atomic E-state index is 0.0617. The van der Waals surface area contributed by atoms with Crippen molar-refractivity contribution in [2.75, 3.05) is 21.3 Å². The Kier molecular flexibility index (Phi) is 6.50. The SMILES string of the molecule is CCCn1cc(-c2cc(OC)c(/C=C\OC)c(OC)c2)c(C)c(C)c1=O. The summed E-state index contributed by atoms with van der Waals surface area (Å²) in [5.74, 6) is 1.36. The van der Waals surface area contributed by atoms with Gasteiger partial charge in [0.15, 0.2) is 0 Å². The predicted octanol–water partition coefficient (Wildman–Crippen LogP) is 4.18. The van der Waals surface area contributed by atoms with Crippen molar-refractivity contribution in [2.24, 2.45) is 0 Å². The topological polar surface area (TPSA) is 49.7 Å². The number of rotatable bonds is 7. The molecule has 26 heavy (non-hydrogen) atoms. The Morgan fingerprint density at radius 3 is 2.15 bits per heavy atom. The zero-order valence-corrected chi connectivity index (χ0v) is 16.4. The predicted molar refractivity (Wildman–Crippen MR) is 105 cm³/mol. The zero-order chi connectivity index (χ0) is 19.3. The van der Waals surface area contributed by atoms with E-state index >= 15 is 0 Å². The van der Waals surface area contributed by atoms with Gasteiger partial charge in [-0.1, -0.05) is 6.92 Å². The van der Waals surface area contributed by atoms with Gasteiger partial charge in [0.2, 0.25) is 0 Å². The van der Waals surface area contributed by atoms with E-state index in [-0.39, 0.29) is 5.56 Å². The third kappa shape index (κ3) is 3.77. The number of pyridine rings is 1. The fourth-order valence-electron chi connectivity index (χ4n) is 2.98. The van der Waals surface area contributed by atoms with E-state index in [1.165, 1.54) is 0 Å². The lowest BCUT2D eigenvalue weighted by Crippen LogP contribution is -2.23. The van der Waals surface area contributed by atoms with Gasteiger partial charge in [-0.2, -0.15) is 0 Å². The second-order valence-electron chi connectivity index (χ2n) is 6.12. The number of ether oxygens (including phenoxy) is 3. The molecule has 0 bridgehead atoms. The summed E-state index contributed by atoms with van der Waals surface area (Å²) in [6, 6.07) is 3.92. The minimum absolute atomic E-state index is 0.0617. The van der Waals surface area contributed by atoms with Crippen molar-refractivity contribution in [3.8, 4) is 22.6 Å². The van der Waals surface area contributed by atoms with Gasteiger partial charge in [0.1, 0.15) is 11.5 Å². The highest BCUT2D eigenvalue weighted by Crippen LogP contribution is 2.37. The summed E-state index contributed by atoms with van der Waals surface area (Å²) in [6.45, 7) is 6.59. The fraction of sp³-hybridized carbons (Fsp3) is 0.381. The number of methoxy groups -OCH3 is 3. The smallest absolute Gasteiger partial charge is 0.253 e. The largest absolute Gasteiger partial charge is 0.504 e. The molecule has 0 amide bonds. The number of aryl methyl sites for hydroxylation is 1. The summed E-state index contributed by atoms with van der Waals surface area (Å²) < 4.78 is 17.9. The number of aromatic nitrogens is 1. The summed E-state index contributed by atoms with van der Waals surface area (Å²) >= 11 is 0. The Labute approximate surface area is 154 Å². The first-order valence-corrected chi connectivity index (χ1v) is 8.64. The molecule has 0 fully saturated rings. The van der Waals surface area contributed by atoms with Gasteiger partial charge in [-0.25, -0.2) is 0 Å². The first kappa shape index (κ1) is 19.6. The van der Waals surface area contributed by atoms with Crippen molar-refractivity contribution in [1.82, 2.24) is 4.57 Å². The minimum Gasteiger partial charge on any atom is -0.504 e. The molecule has 1 aromatic carbocycles. The van der Waals surface area contributed by atoms with Crippen LogP contribution in [0.1, 0.15) is 30.0 Å². The Hall–Kier alpha value is -2.69. The van der Waals surface area contributed by atoms with Gasteiger partial charge in [0.25, 0.3) is 5.56 Å². The number of hydrogen-bond donors (Lipinski definition) is 0. The highest BCUT2D eigenvalue weighted by atomic mass is 16.5. The van der Waals surface area contributed by atoms with Crippen LogP contribution in [0.2, 0.25) is 0 Å². The van der Waals surface area contributed by atoms with Crippen LogP contribution in [-0.2, 0) is 11.3 Å². The first-order valence-electron chi connectivity index (χ1n) is 8.64. The molecule has 2 rings (SSSR count). The first-order chi connectivity index (χ1) is 12.5. The van der Waals surface area contributed by atoms with Crippen molar-refractivity contribution in [2.45, 2.75) is 33.7 Å². The molecule has 0 spiro atoms. The third-order valence-corrected chi connectivity index (χ3v) is 4.52. The molecule has 5 nitrogen and oxygen atoms in total. The summed E-state index contributed by atoms with van der Waals surface area (Å²) in [5.41, 5.74) is 4.53. The lowest BCUT2D eigenvalue weighted by Gasteiger charge is -2.17. The Morgan fingerprint density at radius 2 is 1.65 bits per heavy atom. The molecular formula is C21H27NO4. The average molecular weight is 357 g/mol. The molecule has 140 valence electrons. The number of hydrogen-bond acceptors (Lipinski definition) is 4. The molecule has 0 unspecified atom stereocenters. The van der Waals surface area contributed by atoms with Crippen LogP contribution < -0.4 is 15.0 Å². The van der Waals surface area contributed by atoms with Crippen LogP contribution in [0.3, 0.4) is 0 Å². The Bertz CT molecular complexity index is 840. The lowest BCUT2D eigenvalue weighted by molar-refractivity contribution is 0.340. The second-order valence-corrected chi connectivity index (χ2v) is 6.12. The van der Waals surface area contributed by atoms with Crippen LogP contribution in [0, 0.1) is 13.8 Å². The van der Waals surface area contributed by atoms with Gasteiger partial charge in [0, 0.05) is 23.9 Å². The van der Waals surface area contributed by atoms with Crippen LogP contribution in [0.4, 0.5) is 0 Å². The molecule has 1 heterocycles. The van der Waals surface area contributed by atoms with E-state index in [4.69, 9.17) is 14.2 Å². The maximum atomic E-state index is 12.5. The van der Waals surface area contributed by atoms with E-state index in [1.807, 2.05) is 32.2 Å². The Balaban J connectivity index is 2.73. The molecule has 0 radical (unpaired) electrons. The van der Waals surface area contributed by atoms with Crippen LogP contribution in [0.15, 0.2) is 29.4 Å². The maximum absolute atomic E-state index is 12.5. The van der Waals surface area contributed by atoms with Gasteiger partial charge in [-0.15, -0.1) is 0 Å². The van der Waals surface area contributed by atoms with E-state index in [0.29, 0.717) is 18.0 Å². The summed E-state index contributed by atoms with van der Waals surface area (Å²) in [6.07, 6.45) is 6.21. The monoisotopic (exact) mass is 357 g/mol. The molecule has 0 aliphatic heterocycles. The summed E-state index contributed by atoms with van der Waals surface area (Å²) in [5, 5.41) is 0. The number of benzene rings is 1. The summed E-state index contributed by atoms with van der Waals surface area (Å²) in [7, 11) is 4.84. The van der Waals surface area contributed by atoms with Crippen LogP contribution >= 0.6 is 0 Å². The molecule has 0 aliphatic carbocycles. The van der Waals surface area contributed by atoms with E-state index in [9.17, 15) is 4.79 Å². The Morgan fingerprint density at radius 1 is 1.04 bits per heavy atom. The standard InChI is InChI=1S/C21H27NO4/c1-7-9-22-13-18(14(2)15(3)21(22)23)16-11-19(25-5)17(8-10-24-4)20(12-16)26-6/h8,10-13H,7,9H2,1-6H3/b10-8-. The van der Waals surface area contributed by atoms with Gasteiger partial charge in [-0.3, -0.25) is 4.79 Å². The molecule has 0 saturated carbocycles. The highest BCUT2D eigenvalue weighted by molar-refractivity contribution is 5.76. The molecule has 0 aliphatic rings. The molecule has 1 aromatic heterocycles. The van der Waals surface area contributed by atoms with Crippen molar-refractivity contribution >= 4 is 6.08 Å². The van der Waals surface area contributed by atoms with Crippen LogP contribution in [-0.4, -0.2) is 25.9 Å². The van der Waals surface area contributed by atoms with Crippen molar-refractivity contribution in [3.05, 3.63) is 51.6 Å². The highest BCUT2D eigenvalue weighted by Gasteiger charge is 2.16. The molecule has 0 saturated heterocycles. The molecular weight excluding hydrogens is 330 g/mol. The maximum Gasteiger partial charge on any atom is 0.253 e. The van der Waals surface area contributed by atoms with Gasteiger partial charge >= 0.3 is 0 Å². The van der Waals surface area contributed by atoms with E-state index in [2.05, 4.69) is 6.92 Å². The fourth-order valence-corrected chi connectivity index (χ4v) is 2.98. The molecule has 2 aromatic rings. The van der Waals surface area contributed by atoms with E-state index in [1.54, 1.807) is 38.2 Å². The third-order valence-electron chi connectivity index (χ3n) is 4.52. The van der Waals surface area contributed by atoms with E-state index in [0.717, 1.165) is 34.2 Å². The molecule has 0 atom stereocenters. The normalized spacial score (nSPS) is 11.0. The lowest BCUT2D eigenvalue weighted by atomic mass is 9.97. The summed E-state index contributed by atoms with van der Waals surface area (Å²) in [4.78, 5) is 12.5. The zero-order valence-electron chi connectivity index (χ0n) is 16.4. The second kappa shape index (κ2) is 8.61. The number of nitrogens with zero attached hydrogens (tertiary/aromatic N) is 1. The van der Waals surface area contributed by atoms with Gasteiger partial charge in [-0.05, 0) is 49.6 Å². The van der Waals surface area contributed by atoms with Crippen LogP contribution in [0.25, 0.3) is 17.2 Å². The van der Waals surface area contributed by atoms with Crippen LogP contribution in [0.5, 0.6) is 11.5 Å².